The third-order valence-corrected chi connectivity index (χ3v) is 5.31. The molecule has 1 aliphatic rings. The molecular weight excluding hydrogens is 443 g/mol. The van der Waals surface area contributed by atoms with E-state index in [0.717, 1.165) is 10.1 Å². The van der Waals surface area contributed by atoms with Crippen LogP contribution in [0, 0.1) is 6.92 Å². The Hall–Kier alpha value is -3.60. The molecule has 0 radical (unpaired) electrons. The summed E-state index contributed by atoms with van der Waals surface area (Å²) in [4.78, 5) is 11.6. The zero-order valence-corrected chi connectivity index (χ0v) is 17.9. The molecule has 33 heavy (non-hydrogen) atoms. The molecule has 3 aromatic rings. The van der Waals surface area contributed by atoms with Crippen molar-refractivity contribution in [2.45, 2.75) is 31.7 Å². The molecule has 11 heteroatoms. The average Bonchev–Trinajstić information content (AvgIpc) is 3.16. The predicted octanol–water partition coefficient (Wildman–Crippen LogP) is 4.25. The Morgan fingerprint density at radius 2 is 1.91 bits per heavy atom. The SMILES string of the molecule is COc1cccc([C@H]2O[C@H](CC(=O)O)c3nnc(C(F)(F)F)n3-c3ccc(C)cc32)c1OC. The zero-order chi connectivity index (χ0) is 23.9. The number of para-hydroxylation sites is 1. The molecule has 0 saturated heterocycles. The lowest BCUT2D eigenvalue weighted by Gasteiger charge is -2.24. The van der Waals surface area contributed by atoms with Crippen LogP contribution < -0.4 is 9.47 Å². The minimum Gasteiger partial charge on any atom is -0.493 e. The minimum absolute atomic E-state index is 0.135. The minimum atomic E-state index is -4.82. The molecule has 0 unspecified atom stereocenters. The number of halogens is 3. The molecule has 0 aliphatic carbocycles. The van der Waals surface area contributed by atoms with Gasteiger partial charge in [-0.1, -0.05) is 29.8 Å². The van der Waals surface area contributed by atoms with Crippen molar-refractivity contribution in [2.24, 2.45) is 0 Å². The summed E-state index contributed by atoms with van der Waals surface area (Å²) in [6.45, 7) is 1.79. The molecule has 0 bridgehead atoms. The molecule has 174 valence electrons. The number of methoxy groups -OCH3 is 2. The van der Waals surface area contributed by atoms with E-state index < -0.39 is 36.6 Å². The first-order chi connectivity index (χ1) is 15.7. The Morgan fingerprint density at radius 1 is 1.15 bits per heavy atom. The first-order valence-corrected chi connectivity index (χ1v) is 9.87. The third-order valence-electron chi connectivity index (χ3n) is 5.31. The van der Waals surface area contributed by atoms with Gasteiger partial charge in [0, 0.05) is 11.1 Å². The average molecular weight is 463 g/mol. The number of alkyl halides is 3. The second kappa shape index (κ2) is 8.39. The van der Waals surface area contributed by atoms with Gasteiger partial charge in [0.05, 0.1) is 26.3 Å². The van der Waals surface area contributed by atoms with Crippen molar-refractivity contribution in [3.63, 3.8) is 0 Å². The normalized spacial score (nSPS) is 17.6. The van der Waals surface area contributed by atoms with Crippen LogP contribution >= 0.6 is 0 Å². The Morgan fingerprint density at radius 3 is 2.55 bits per heavy atom. The summed E-state index contributed by atoms with van der Waals surface area (Å²) in [6.07, 6.45) is -7.74. The van der Waals surface area contributed by atoms with Gasteiger partial charge in [-0.05, 0) is 19.1 Å². The molecule has 2 heterocycles. The topological polar surface area (TPSA) is 95.7 Å². The molecule has 0 saturated carbocycles. The van der Waals surface area contributed by atoms with E-state index in [2.05, 4.69) is 10.2 Å². The maximum absolute atomic E-state index is 13.8. The summed E-state index contributed by atoms with van der Waals surface area (Å²) in [7, 11) is 2.89. The van der Waals surface area contributed by atoms with Crippen molar-refractivity contribution in [1.29, 1.82) is 0 Å². The van der Waals surface area contributed by atoms with E-state index in [0.29, 0.717) is 22.6 Å². The van der Waals surface area contributed by atoms with Gasteiger partial charge in [0.25, 0.3) is 0 Å². The quantitative estimate of drug-likeness (QED) is 0.605. The molecule has 0 fully saturated rings. The fraction of sp³-hybridized carbons (Fsp3) is 0.318. The predicted molar refractivity (Wildman–Crippen MR) is 109 cm³/mol. The summed E-state index contributed by atoms with van der Waals surface area (Å²) < 4.78 is 59.4. The van der Waals surface area contributed by atoms with E-state index in [9.17, 15) is 23.1 Å². The Labute approximate surface area is 186 Å². The Kier molecular flexibility index (Phi) is 5.75. The monoisotopic (exact) mass is 463 g/mol. The lowest BCUT2D eigenvalue weighted by atomic mass is 9.96. The first-order valence-electron chi connectivity index (χ1n) is 9.87. The van der Waals surface area contributed by atoms with Crippen LogP contribution in [0.2, 0.25) is 0 Å². The van der Waals surface area contributed by atoms with Crippen molar-refractivity contribution in [3.05, 3.63) is 64.7 Å². The maximum Gasteiger partial charge on any atom is 0.452 e. The molecule has 1 N–H and O–H groups in total. The number of aromatic nitrogens is 3. The van der Waals surface area contributed by atoms with Crippen LogP contribution in [-0.2, 0) is 15.7 Å². The first kappa shape index (κ1) is 22.6. The van der Waals surface area contributed by atoms with E-state index >= 15 is 0 Å². The van der Waals surface area contributed by atoms with E-state index in [4.69, 9.17) is 14.2 Å². The van der Waals surface area contributed by atoms with Gasteiger partial charge in [-0.2, -0.15) is 13.2 Å². The maximum atomic E-state index is 13.8. The van der Waals surface area contributed by atoms with Crippen molar-refractivity contribution in [1.82, 2.24) is 14.8 Å². The van der Waals surface area contributed by atoms with Gasteiger partial charge < -0.3 is 19.3 Å². The summed E-state index contributed by atoms with van der Waals surface area (Å²) in [5.41, 5.74) is 1.74. The van der Waals surface area contributed by atoms with Crippen LogP contribution in [-0.4, -0.2) is 40.1 Å². The molecule has 8 nitrogen and oxygen atoms in total. The van der Waals surface area contributed by atoms with Crippen LogP contribution in [0.5, 0.6) is 11.5 Å². The lowest BCUT2D eigenvalue weighted by molar-refractivity contribution is -0.146. The van der Waals surface area contributed by atoms with Crippen molar-refractivity contribution < 1.29 is 37.3 Å². The second-order valence-corrected chi connectivity index (χ2v) is 7.46. The molecular formula is C22H20F3N3O5. The molecule has 0 spiro atoms. The number of ether oxygens (including phenoxy) is 3. The fourth-order valence-corrected chi connectivity index (χ4v) is 3.97. The number of carboxylic acids is 1. The van der Waals surface area contributed by atoms with E-state index in [-0.39, 0.29) is 11.5 Å². The second-order valence-electron chi connectivity index (χ2n) is 7.46. The van der Waals surface area contributed by atoms with Gasteiger partial charge >= 0.3 is 12.1 Å². The number of rotatable bonds is 5. The number of nitrogens with zero attached hydrogens (tertiary/aromatic N) is 3. The molecule has 4 rings (SSSR count). The van der Waals surface area contributed by atoms with E-state index in [1.54, 1.807) is 37.3 Å². The van der Waals surface area contributed by atoms with Crippen molar-refractivity contribution in [2.75, 3.05) is 14.2 Å². The third kappa shape index (κ3) is 3.99. The van der Waals surface area contributed by atoms with Crippen LogP contribution in [0.4, 0.5) is 13.2 Å². The molecule has 0 amide bonds. The van der Waals surface area contributed by atoms with Crippen molar-refractivity contribution >= 4 is 5.97 Å². The number of aryl methyl sites for hydroxylation is 1. The van der Waals surface area contributed by atoms with Gasteiger partial charge in [-0.25, -0.2) is 0 Å². The van der Waals surface area contributed by atoms with Crippen LogP contribution in [0.25, 0.3) is 5.69 Å². The van der Waals surface area contributed by atoms with Gasteiger partial charge in [-0.3, -0.25) is 9.36 Å². The smallest absolute Gasteiger partial charge is 0.452 e. The lowest BCUT2D eigenvalue weighted by Crippen LogP contribution is -2.17. The number of benzene rings is 2. The number of carbonyl (C=O) groups is 1. The summed E-state index contributed by atoms with van der Waals surface area (Å²) in [5.74, 6) is -2.07. The molecule has 1 aromatic heterocycles. The summed E-state index contributed by atoms with van der Waals surface area (Å²) in [5, 5.41) is 16.5. The summed E-state index contributed by atoms with van der Waals surface area (Å²) >= 11 is 0. The molecule has 1 aliphatic heterocycles. The van der Waals surface area contributed by atoms with E-state index in [1.165, 1.54) is 20.3 Å². The highest BCUT2D eigenvalue weighted by molar-refractivity contribution is 5.68. The Bertz CT molecular complexity index is 1210. The summed E-state index contributed by atoms with van der Waals surface area (Å²) in [6, 6.07) is 9.90. The van der Waals surface area contributed by atoms with Gasteiger partial charge in [0.2, 0.25) is 5.82 Å². The zero-order valence-electron chi connectivity index (χ0n) is 17.9. The number of hydrogen-bond donors (Lipinski definition) is 1. The van der Waals surface area contributed by atoms with Gasteiger partial charge in [-0.15, -0.1) is 10.2 Å². The number of fused-ring (bicyclic) bond motifs is 3. The highest BCUT2D eigenvalue weighted by Gasteiger charge is 2.43. The number of aliphatic carboxylic acids is 1. The Balaban J connectivity index is 2.04. The van der Waals surface area contributed by atoms with Gasteiger partial charge in [0.15, 0.2) is 17.3 Å². The van der Waals surface area contributed by atoms with Crippen molar-refractivity contribution in [3.8, 4) is 17.2 Å². The fourth-order valence-electron chi connectivity index (χ4n) is 3.97. The van der Waals surface area contributed by atoms with E-state index in [1.807, 2.05) is 0 Å². The van der Waals surface area contributed by atoms with Crippen LogP contribution in [0.3, 0.4) is 0 Å². The van der Waals surface area contributed by atoms with Gasteiger partial charge in [0.1, 0.15) is 12.2 Å². The highest BCUT2D eigenvalue weighted by Crippen LogP contribution is 2.47. The molecule has 2 aromatic carbocycles. The number of hydrogen-bond acceptors (Lipinski definition) is 6. The highest BCUT2D eigenvalue weighted by atomic mass is 19.4. The standard InChI is InChI=1S/C22H20F3N3O5/c1-11-7-8-14-13(9-11)18(12-5-4-6-15(31-2)19(12)32-3)33-16(10-17(29)30)20-26-27-21(28(14)20)22(23,24)25/h4-9,16,18H,10H2,1-3H3,(H,29,30)/t16-,18-/m1/s1. The largest absolute Gasteiger partial charge is 0.493 e. The van der Waals surface area contributed by atoms with Crippen LogP contribution in [0.15, 0.2) is 36.4 Å². The number of carboxylic acid groups (broad SMARTS) is 1. The van der Waals surface area contributed by atoms with Crippen LogP contribution in [0.1, 0.15) is 47.0 Å². The molecule has 2 atom stereocenters.